The van der Waals surface area contributed by atoms with Gasteiger partial charge in [0.15, 0.2) is 0 Å². The number of nitrogens with zero attached hydrogens (tertiary/aromatic N) is 1. The molecule has 1 amide bonds. The van der Waals surface area contributed by atoms with Crippen molar-refractivity contribution in [2.24, 2.45) is 5.10 Å². The molecule has 0 aliphatic rings. The normalized spacial score (nSPS) is 10.7. The summed E-state index contributed by atoms with van der Waals surface area (Å²) >= 11 is 0. The van der Waals surface area contributed by atoms with E-state index in [2.05, 4.69) is 15.3 Å². The van der Waals surface area contributed by atoms with Crippen LogP contribution in [0.25, 0.3) is 11.3 Å². The van der Waals surface area contributed by atoms with Crippen LogP contribution in [0.3, 0.4) is 0 Å². The van der Waals surface area contributed by atoms with E-state index in [4.69, 9.17) is 9.15 Å². The van der Waals surface area contributed by atoms with E-state index in [1.165, 1.54) is 32.6 Å². The lowest BCUT2D eigenvalue weighted by molar-refractivity contribution is 0.0600. The fraction of sp³-hybridized carbons (Fsp3) is 0.0952. The van der Waals surface area contributed by atoms with Crippen molar-refractivity contribution in [3.05, 3.63) is 71.5 Å². The fourth-order valence-corrected chi connectivity index (χ4v) is 2.51. The summed E-state index contributed by atoms with van der Waals surface area (Å²) < 4.78 is 15.3. The fourth-order valence-electron chi connectivity index (χ4n) is 2.51. The van der Waals surface area contributed by atoms with Crippen molar-refractivity contribution in [2.75, 3.05) is 14.2 Å². The highest BCUT2D eigenvalue weighted by Gasteiger charge is 2.11. The van der Waals surface area contributed by atoms with Crippen molar-refractivity contribution >= 4 is 18.1 Å². The third kappa shape index (κ3) is 4.62. The molecule has 0 fully saturated rings. The van der Waals surface area contributed by atoms with Crippen molar-refractivity contribution in [1.29, 1.82) is 0 Å². The zero-order chi connectivity index (χ0) is 20.8. The van der Waals surface area contributed by atoms with Gasteiger partial charge in [-0.3, -0.25) is 4.79 Å². The molecule has 1 aromatic heterocycles. The largest absolute Gasteiger partial charge is 0.507 e. The lowest BCUT2D eigenvalue weighted by Crippen LogP contribution is -2.17. The zero-order valence-corrected chi connectivity index (χ0v) is 15.7. The lowest BCUT2D eigenvalue weighted by atomic mass is 10.1. The number of furan rings is 1. The van der Waals surface area contributed by atoms with E-state index in [9.17, 15) is 14.7 Å². The minimum absolute atomic E-state index is 0.0637. The number of ether oxygens (including phenoxy) is 2. The van der Waals surface area contributed by atoms with Crippen LogP contribution in [0.1, 0.15) is 26.5 Å². The number of nitrogens with one attached hydrogen (secondary N) is 1. The Labute approximate surface area is 166 Å². The number of benzene rings is 2. The molecular weight excluding hydrogens is 376 g/mol. The average Bonchev–Trinajstić information content (AvgIpc) is 3.22. The third-order valence-electron chi connectivity index (χ3n) is 4.02. The molecular formula is C21H18N2O6. The van der Waals surface area contributed by atoms with Crippen molar-refractivity contribution in [1.82, 2.24) is 5.43 Å². The molecule has 3 aromatic rings. The number of carbonyl (C=O) groups is 2. The van der Waals surface area contributed by atoms with Crippen LogP contribution < -0.4 is 10.2 Å². The van der Waals surface area contributed by atoms with Crippen LogP contribution in [-0.2, 0) is 4.74 Å². The van der Waals surface area contributed by atoms with E-state index < -0.39 is 11.9 Å². The van der Waals surface area contributed by atoms with Gasteiger partial charge in [-0.1, -0.05) is 12.1 Å². The minimum Gasteiger partial charge on any atom is -0.507 e. The van der Waals surface area contributed by atoms with Gasteiger partial charge in [0.2, 0.25) is 0 Å². The number of hydrazone groups is 1. The van der Waals surface area contributed by atoms with Crippen LogP contribution in [-0.4, -0.2) is 37.4 Å². The Kier molecular flexibility index (Phi) is 5.94. The summed E-state index contributed by atoms with van der Waals surface area (Å²) in [6, 6.07) is 14.5. The van der Waals surface area contributed by atoms with Crippen molar-refractivity contribution in [3.8, 4) is 22.8 Å². The molecule has 0 aliphatic heterocycles. The quantitative estimate of drug-likeness (QED) is 0.377. The van der Waals surface area contributed by atoms with Crippen molar-refractivity contribution in [3.63, 3.8) is 0 Å². The summed E-state index contributed by atoms with van der Waals surface area (Å²) in [6.45, 7) is 0. The number of hydrogen-bond acceptors (Lipinski definition) is 7. The number of phenolic OH excluding ortho intramolecular Hbond substituents is 1. The Hall–Kier alpha value is -4.07. The highest BCUT2D eigenvalue weighted by Crippen LogP contribution is 2.24. The van der Waals surface area contributed by atoms with E-state index in [-0.39, 0.29) is 11.3 Å². The van der Waals surface area contributed by atoms with E-state index in [1.54, 1.807) is 42.5 Å². The first-order valence-electron chi connectivity index (χ1n) is 8.51. The van der Waals surface area contributed by atoms with Gasteiger partial charge >= 0.3 is 5.97 Å². The number of phenols is 1. The van der Waals surface area contributed by atoms with Gasteiger partial charge in [0.05, 0.1) is 31.6 Å². The van der Waals surface area contributed by atoms with Crippen LogP contribution in [0.4, 0.5) is 0 Å². The van der Waals surface area contributed by atoms with E-state index >= 15 is 0 Å². The van der Waals surface area contributed by atoms with Gasteiger partial charge in [-0.05, 0) is 36.4 Å². The maximum atomic E-state index is 12.1. The monoisotopic (exact) mass is 394 g/mol. The van der Waals surface area contributed by atoms with Crippen LogP contribution in [0.5, 0.6) is 11.5 Å². The van der Waals surface area contributed by atoms with E-state index in [0.717, 1.165) is 5.56 Å². The summed E-state index contributed by atoms with van der Waals surface area (Å²) in [5, 5.41) is 13.7. The predicted molar refractivity (Wildman–Crippen MR) is 105 cm³/mol. The lowest BCUT2D eigenvalue weighted by Gasteiger charge is -2.05. The van der Waals surface area contributed by atoms with Crippen LogP contribution in [0.15, 0.2) is 64.1 Å². The number of esters is 1. The van der Waals surface area contributed by atoms with Gasteiger partial charge < -0.3 is 19.0 Å². The number of rotatable bonds is 6. The Balaban J connectivity index is 1.64. The second-order valence-corrected chi connectivity index (χ2v) is 5.85. The molecule has 29 heavy (non-hydrogen) atoms. The number of aromatic hydroxyl groups is 1. The average molecular weight is 394 g/mol. The molecule has 0 atom stereocenters. The molecule has 1 heterocycles. The molecule has 8 nitrogen and oxygen atoms in total. The Bertz CT molecular complexity index is 1050. The van der Waals surface area contributed by atoms with Gasteiger partial charge in [0.1, 0.15) is 23.0 Å². The van der Waals surface area contributed by atoms with Gasteiger partial charge in [-0.2, -0.15) is 5.10 Å². The molecule has 0 aliphatic carbocycles. The van der Waals surface area contributed by atoms with Crippen molar-refractivity contribution < 1.29 is 28.6 Å². The smallest absolute Gasteiger partial charge is 0.337 e. The number of hydrogen-bond donors (Lipinski definition) is 2. The third-order valence-corrected chi connectivity index (χ3v) is 4.02. The molecule has 2 aromatic carbocycles. The zero-order valence-electron chi connectivity index (χ0n) is 15.7. The first kappa shape index (κ1) is 19.7. The Morgan fingerprint density at radius 3 is 2.48 bits per heavy atom. The maximum Gasteiger partial charge on any atom is 0.337 e. The summed E-state index contributed by atoms with van der Waals surface area (Å²) in [5.41, 5.74) is 3.59. The topological polar surface area (TPSA) is 110 Å². The molecule has 3 rings (SSSR count). The number of amides is 1. The van der Waals surface area contributed by atoms with E-state index in [1.807, 2.05) is 0 Å². The summed E-state index contributed by atoms with van der Waals surface area (Å²) in [6.07, 6.45) is 1.34. The molecule has 2 N–H and O–H groups in total. The highest BCUT2D eigenvalue weighted by molar-refractivity contribution is 5.97. The van der Waals surface area contributed by atoms with Crippen molar-refractivity contribution in [2.45, 2.75) is 0 Å². The predicted octanol–water partition coefficient (Wildman–Crippen LogP) is 3.21. The highest BCUT2D eigenvalue weighted by atomic mass is 16.5. The standard InChI is InChI=1S/C21H18N2O6/c1-27-15-7-9-17(18(24)11-15)20(25)23-22-12-16-8-10-19(29-16)13-3-5-14(6-4-13)21(26)28-2/h3-12,24H,1-2H3,(H,23,25)/b22-12-. The van der Waals surface area contributed by atoms with Crippen LogP contribution in [0.2, 0.25) is 0 Å². The number of carbonyl (C=O) groups excluding carboxylic acids is 2. The van der Waals surface area contributed by atoms with Crippen LogP contribution in [0, 0.1) is 0 Å². The molecule has 0 saturated heterocycles. The maximum absolute atomic E-state index is 12.1. The Morgan fingerprint density at radius 2 is 1.83 bits per heavy atom. The second-order valence-electron chi connectivity index (χ2n) is 5.85. The van der Waals surface area contributed by atoms with Crippen LogP contribution >= 0.6 is 0 Å². The second kappa shape index (κ2) is 8.75. The molecule has 8 heteroatoms. The SMILES string of the molecule is COC(=O)c1ccc(-c2ccc(/C=N\NC(=O)c3ccc(OC)cc3O)o2)cc1. The minimum atomic E-state index is -0.577. The first-order chi connectivity index (χ1) is 14.0. The summed E-state index contributed by atoms with van der Waals surface area (Å²) in [4.78, 5) is 23.6. The molecule has 0 unspecified atom stereocenters. The summed E-state index contributed by atoms with van der Waals surface area (Å²) in [5.74, 6) is 0.213. The molecule has 0 saturated carbocycles. The molecule has 0 bridgehead atoms. The van der Waals surface area contributed by atoms with E-state index in [0.29, 0.717) is 22.8 Å². The van der Waals surface area contributed by atoms with Gasteiger partial charge in [-0.15, -0.1) is 0 Å². The van der Waals surface area contributed by atoms with Gasteiger partial charge in [-0.25, -0.2) is 10.2 Å². The Morgan fingerprint density at radius 1 is 1.07 bits per heavy atom. The number of methoxy groups -OCH3 is 2. The molecule has 0 radical (unpaired) electrons. The first-order valence-corrected chi connectivity index (χ1v) is 8.51. The van der Waals surface area contributed by atoms with Gasteiger partial charge in [0, 0.05) is 11.6 Å². The summed E-state index contributed by atoms with van der Waals surface area (Å²) in [7, 11) is 2.78. The van der Waals surface area contributed by atoms with Gasteiger partial charge in [0.25, 0.3) is 5.91 Å². The molecule has 148 valence electrons. The molecule has 0 spiro atoms.